The van der Waals surface area contributed by atoms with E-state index in [4.69, 9.17) is 4.42 Å². The number of hydrogen-bond acceptors (Lipinski definition) is 5. The van der Waals surface area contributed by atoms with Gasteiger partial charge in [0.2, 0.25) is 5.91 Å². The van der Waals surface area contributed by atoms with Crippen molar-refractivity contribution in [1.29, 1.82) is 0 Å². The third-order valence-corrected chi connectivity index (χ3v) is 3.87. The van der Waals surface area contributed by atoms with Gasteiger partial charge in [-0.05, 0) is 6.07 Å². The topological polar surface area (TPSA) is 66.7 Å². The summed E-state index contributed by atoms with van der Waals surface area (Å²) >= 11 is 1.10. The molecule has 0 aromatic carbocycles. The SMILES string of the molecule is CN(C)C(=O)CN(CC(F)(F)F)C(=O)c1csc(-c2ccoc2)n1. The Kier molecular flexibility index (Phi) is 5.27. The summed E-state index contributed by atoms with van der Waals surface area (Å²) in [6.45, 7) is -2.20. The maximum absolute atomic E-state index is 12.7. The molecule has 24 heavy (non-hydrogen) atoms. The first-order valence-electron chi connectivity index (χ1n) is 6.71. The fourth-order valence-corrected chi connectivity index (χ4v) is 2.55. The predicted octanol–water partition coefficient (Wildman–Crippen LogP) is 2.50. The van der Waals surface area contributed by atoms with Crippen LogP contribution in [-0.4, -0.2) is 60.0 Å². The summed E-state index contributed by atoms with van der Waals surface area (Å²) in [6, 6.07) is 1.62. The highest BCUT2D eigenvalue weighted by molar-refractivity contribution is 7.13. The van der Waals surface area contributed by atoms with Crippen LogP contribution in [0.3, 0.4) is 0 Å². The van der Waals surface area contributed by atoms with E-state index in [9.17, 15) is 22.8 Å². The summed E-state index contributed by atoms with van der Waals surface area (Å²) in [5.41, 5.74) is 0.470. The lowest BCUT2D eigenvalue weighted by molar-refractivity contribution is -0.146. The average molecular weight is 361 g/mol. The Balaban J connectivity index is 2.21. The summed E-state index contributed by atoms with van der Waals surface area (Å²) in [7, 11) is 2.80. The second kappa shape index (κ2) is 7.04. The molecule has 0 N–H and O–H groups in total. The number of likely N-dealkylation sites (N-methyl/N-ethyl adjacent to an activating group) is 1. The lowest BCUT2D eigenvalue weighted by Gasteiger charge is -2.24. The first-order chi connectivity index (χ1) is 11.2. The number of furan rings is 1. The quantitative estimate of drug-likeness (QED) is 0.821. The fourth-order valence-electron chi connectivity index (χ4n) is 1.77. The molecule has 0 fully saturated rings. The van der Waals surface area contributed by atoms with Crippen LogP contribution in [0.5, 0.6) is 0 Å². The second-order valence-corrected chi connectivity index (χ2v) is 5.97. The molecule has 6 nitrogen and oxygen atoms in total. The smallest absolute Gasteiger partial charge is 0.406 e. The number of carbonyl (C=O) groups excluding carboxylic acids is 2. The molecule has 0 aliphatic heterocycles. The zero-order chi connectivity index (χ0) is 17.9. The van der Waals surface area contributed by atoms with Crippen molar-refractivity contribution in [3.63, 3.8) is 0 Å². The van der Waals surface area contributed by atoms with E-state index in [1.165, 1.54) is 32.0 Å². The summed E-state index contributed by atoms with van der Waals surface area (Å²) in [6.07, 6.45) is -1.79. The van der Waals surface area contributed by atoms with E-state index in [2.05, 4.69) is 4.98 Å². The van der Waals surface area contributed by atoms with Gasteiger partial charge in [-0.3, -0.25) is 9.59 Å². The van der Waals surface area contributed by atoms with Gasteiger partial charge in [0.15, 0.2) is 0 Å². The monoisotopic (exact) mass is 361 g/mol. The Morgan fingerprint density at radius 1 is 1.33 bits per heavy atom. The van der Waals surface area contributed by atoms with Crippen molar-refractivity contribution in [2.75, 3.05) is 27.2 Å². The van der Waals surface area contributed by atoms with Crippen LogP contribution in [0.15, 0.2) is 28.4 Å². The molecule has 0 aliphatic rings. The lowest BCUT2D eigenvalue weighted by Crippen LogP contribution is -2.45. The van der Waals surface area contributed by atoms with Crippen molar-refractivity contribution in [2.24, 2.45) is 0 Å². The first-order valence-corrected chi connectivity index (χ1v) is 7.59. The molecule has 2 aromatic heterocycles. The van der Waals surface area contributed by atoms with E-state index in [1.54, 1.807) is 6.07 Å². The summed E-state index contributed by atoms with van der Waals surface area (Å²) in [5, 5.41) is 1.80. The standard InChI is InChI=1S/C14H14F3N3O3S/c1-19(2)11(21)5-20(8-14(15,16)17)13(22)10-7-24-12(18-10)9-3-4-23-6-9/h3-4,6-7H,5,8H2,1-2H3. The Labute approximate surface area is 139 Å². The number of nitrogens with zero attached hydrogens (tertiary/aromatic N) is 3. The Hall–Kier alpha value is -2.36. The summed E-state index contributed by atoms with van der Waals surface area (Å²) in [5.74, 6) is -1.56. The van der Waals surface area contributed by atoms with Crippen LogP contribution in [0, 0.1) is 0 Å². The number of aromatic nitrogens is 1. The van der Waals surface area contributed by atoms with Crippen molar-refractivity contribution in [3.05, 3.63) is 29.7 Å². The third kappa shape index (κ3) is 4.57. The predicted molar refractivity (Wildman–Crippen MR) is 80.5 cm³/mol. The minimum Gasteiger partial charge on any atom is -0.472 e. The molecule has 0 unspecified atom stereocenters. The maximum atomic E-state index is 12.7. The highest BCUT2D eigenvalue weighted by atomic mass is 32.1. The van der Waals surface area contributed by atoms with Crippen molar-refractivity contribution in [3.8, 4) is 10.6 Å². The van der Waals surface area contributed by atoms with E-state index in [0.29, 0.717) is 15.5 Å². The van der Waals surface area contributed by atoms with Crippen LogP contribution in [0.25, 0.3) is 10.6 Å². The van der Waals surface area contributed by atoms with Crippen LogP contribution in [0.4, 0.5) is 13.2 Å². The van der Waals surface area contributed by atoms with Gasteiger partial charge in [0.25, 0.3) is 5.91 Å². The molecule has 0 spiro atoms. The molecule has 0 saturated heterocycles. The maximum Gasteiger partial charge on any atom is 0.406 e. The Morgan fingerprint density at radius 2 is 2.04 bits per heavy atom. The van der Waals surface area contributed by atoms with Gasteiger partial charge in [0, 0.05) is 25.0 Å². The van der Waals surface area contributed by atoms with E-state index < -0.39 is 31.1 Å². The van der Waals surface area contributed by atoms with Crippen LogP contribution in [-0.2, 0) is 4.79 Å². The van der Waals surface area contributed by atoms with Crippen LogP contribution >= 0.6 is 11.3 Å². The van der Waals surface area contributed by atoms with Gasteiger partial charge < -0.3 is 14.2 Å². The number of halogens is 3. The van der Waals surface area contributed by atoms with Crippen LogP contribution < -0.4 is 0 Å². The minimum atomic E-state index is -4.62. The van der Waals surface area contributed by atoms with Gasteiger partial charge >= 0.3 is 6.18 Å². The number of amides is 2. The molecule has 2 amide bonds. The Bertz CT molecular complexity index is 710. The molecule has 2 aromatic rings. The molecule has 0 saturated carbocycles. The zero-order valence-corrected chi connectivity index (χ0v) is 13.6. The molecule has 0 radical (unpaired) electrons. The molecule has 0 atom stereocenters. The van der Waals surface area contributed by atoms with Crippen molar-refractivity contribution in [2.45, 2.75) is 6.18 Å². The number of rotatable bonds is 5. The van der Waals surface area contributed by atoms with E-state index in [1.807, 2.05) is 0 Å². The van der Waals surface area contributed by atoms with Crippen LogP contribution in [0.2, 0.25) is 0 Å². The van der Waals surface area contributed by atoms with E-state index >= 15 is 0 Å². The minimum absolute atomic E-state index is 0.146. The van der Waals surface area contributed by atoms with Crippen molar-refractivity contribution in [1.82, 2.24) is 14.8 Å². The molecular weight excluding hydrogens is 347 g/mol. The average Bonchev–Trinajstić information content (AvgIpc) is 3.14. The van der Waals surface area contributed by atoms with Gasteiger partial charge in [-0.25, -0.2) is 4.98 Å². The molecule has 2 rings (SSSR count). The van der Waals surface area contributed by atoms with Gasteiger partial charge in [-0.1, -0.05) is 0 Å². The largest absolute Gasteiger partial charge is 0.472 e. The molecule has 130 valence electrons. The number of carbonyl (C=O) groups is 2. The van der Waals surface area contributed by atoms with E-state index in [0.717, 1.165) is 16.2 Å². The highest BCUT2D eigenvalue weighted by Crippen LogP contribution is 2.25. The molecular formula is C14H14F3N3O3S. The summed E-state index contributed by atoms with van der Waals surface area (Å²) in [4.78, 5) is 29.6. The molecule has 10 heteroatoms. The van der Waals surface area contributed by atoms with Gasteiger partial charge in [0.1, 0.15) is 30.1 Å². The normalized spacial score (nSPS) is 11.4. The number of alkyl halides is 3. The second-order valence-electron chi connectivity index (χ2n) is 5.11. The van der Waals surface area contributed by atoms with Gasteiger partial charge in [-0.15, -0.1) is 11.3 Å². The highest BCUT2D eigenvalue weighted by Gasteiger charge is 2.35. The fraction of sp³-hybridized carbons (Fsp3) is 0.357. The van der Waals surface area contributed by atoms with Crippen molar-refractivity contribution >= 4 is 23.2 Å². The third-order valence-electron chi connectivity index (χ3n) is 2.97. The summed E-state index contributed by atoms with van der Waals surface area (Å²) < 4.78 is 43.0. The van der Waals surface area contributed by atoms with E-state index in [-0.39, 0.29) is 5.69 Å². The van der Waals surface area contributed by atoms with Gasteiger partial charge in [-0.2, -0.15) is 13.2 Å². The van der Waals surface area contributed by atoms with Gasteiger partial charge in [0.05, 0.1) is 6.26 Å². The molecule has 2 heterocycles. The van der Waals surface area contributed by atoms with Crippen molar-refractivity contribution < 1.29 is 27.2 Å². The zero-order valence-electron chi connectivity index (χ0n) is 12.8. The molecule has 0 aliphatic carbocycles. The first kappa shape index (κ1) is 18.0. The molecule has 0 bridgehead atoms. The van der Waals surface area contributed by atoms with Crippen LogP contribution in [0.1, 0.15) is 10.5 Å². The number of hydrogen-bond donors (Lipinski definition) is 0. The Morgan fingerprint density at radius 3 is 2.58 bits per heavy atom. The lowest BCUT2D eigenvalue weighted by atomic mass is 10.3. The number of thiazole rings is 1.